The van der Waals surface area contributed by atoms with Crippen molar-refractivity contribution in [3.05, 3.63) is 58.1 Å². The van der Waals surface area contributed by atoms with E-state index in [9.17, 15) is 14.9 Å². The molecule has 2 aromatic rings. The van der Waals surface area contributed by atoms with Crippen molar-refractivity contribution in [2.75, 3.05) is 35.7 Å². The zero-order chi connectivity index (χ0) is 18.4. The number of nitrogens with one attached hydrogen (secondary N) is 2. The van der Waals surface area contributed by atoms with Gasteiger partial charge in [0.1, 0.15) is 5.69 Å². The van der Waals surface area contributed by atoms with E-state index in [1.165, 1.54) is 12.1 Å². The molecule has 0 radical (unpaired) electrons. The molecule has 2 rings (SSSR count). The molecule has 1 amide bonds. The first-order valence-electron chi connectivity index (χ1n) is 8.12. The second kappa shape index (κ2) is 8.14. The Morgan fingerprint density at radius 3 is 2.28 bits per heavy atom. The van der Waals surface area contributed by atoms with Gasteiger partial charge in [-0.1, -0.05) is 0 Å². The second-order valence-corrected chi connectivity index (χ2v) is 5.41. The van der Waals surface area contributed by atoms with E-state index < -0.39 is 4.92 Å². The Bertz CT molecular complexity index is 755. The summed E-state index contributed by atoms with van der Waals surface area (Å²) in [6.07, 6.45) is 0. The Kier molecular flexibility index (Phi) is 5.94. The molecule has 7 nitrogen and oxygen atoms in total. The summed E-state index contributed by atoms with van der Waals surface area (Å²) in [5.74, 6) is -0.388. The van der Waals surface area contributed by atoms with Crippen molar-refractivity contribution >= 4 is 28.7 Å². The van der Waals surface area contributed by atoms with E-state index in [0.29, 0.717) is 11.4 Å². The van der Waals surface area contributed by atoms with Crippen LogP contribution in [0, 0.1) is 10.1 Å². The van der Waals surface area contributed by atoms with E-state index in [4.69, 9.17) is 0 Å². The summed E-state index contributed by atoms with van der Waals surface area (Å²) < 4.78 is 0. The molecule has 7 heteroatoms. The van der Waals surface area contributed by atoms with Gasteiger partial charge < -0.3 is 15.5 Å². The average Bonchev–Trinajstić information content (AvgIpc) is 2.63. The SMILES string of the molecule is CCN(CC)c1ccc(NC(=O)c2ccc(NC)c([N+](=O)[O-])c2)cc1. The highest BCUT2D eigenvalue weighted by Gasteiger charge is 2.17. The maximum Gasteiger partial charge on any atom is 0.293 e. The van der Waals surface area contributed by atoms with E-state index >= 15 is 0 Å². The highest BCUT2D eigenvalue weighted by molar-refractivity contribution is 6.05. The topological polar surface area (TPSA) is 87.5 Å². The molecule has 0 aliphatic rings. The minimum atomic E-state index is -0.512. The van der Waals surface area contributed by atoms with E-state index in [2.05, 4.69) is 29.4 Å². The van der Waals surface area contributed by atoms with Gasteiger partial charge in [0, 0.05) is 43.1 Å². The van der Waals surface area contributed by atoms with Crippen molar-refractivity contribution in [3.63, 3.8) is 0 Å². The van der Waals surface area contributed by atoms with Gasteiger partial charge in [0.25, 0.3) is 11.6 Å². The quantitative estimate of drug-likeness (QED) is 0.591. The summed E-state index contributed by atoms with van der Waals surface area (Å²) >= 11 is 0. The molecule has 2 N–H and O–H groups in total. The van der Waals surface area contributed by atoms with Crippen LogP contribution < -0.4 is 15.5 Å². The molecular weight excluding hydrogens is 320 g/mol. The molecule has 0 aromatic heterocycles. The van der Waals surface area contributed by atoms with Crippen molar-refractivity contribution in [1.82, 2.24) is 0 Å². The number of carbonyl (C=O) groups excluding carboxylic acids is 1. The summed E-state index contributed by atoms with van der Waals surface area (Å²) in [5, 5.41) is 16.6. The number of benzene rings is 2. The number of anilines is 3. The van der Waals surface area contributed by atoms with Gasteiger partial charge in [0.2, 0.25) is 0 Å². The predicted molar refractivity (Wildman–Crippen MR) is 101 cm³/mol. The third kappa shape index (κ3) is 4.26. The predicted octanol–water partition coefficient (Wildman–Crippen LogP) is 3.74. The van der Waals surface area contributed by atoms with Crippen LogP contribution in [-0.4, -0.2) is 31.0 Å². The average molecular weight is 342 g/mol. The summed E-state index contributed by atoms with van der Waals surface area (Å²) in [4.78, 5) is 25.1. The zero-order valence-electron chi connectivity index (χ0n) is 14.6. The molecule has 25 heavy (non-hydrogen) atoms. The number of nitro benzene ring substituents is 1. The standard InChI is InChI=1S/C18H22N4O3/c1-4-21(5-2)15-9-7-14(8-10-15)20-18(23)13-6-11-16(19-3)17(12-13)22(24)25/h6-12,19H,4-5H2,1-3H3,(H,20,23). The fourth-order valence-corrected chi connectivity index (χ4v) is 2.58. The van der Waals surface area contributed by atoms with Crippen LogP contribution in [0.5, 0.6) is 0 Å². The van der Waals surface area contributed by atoms with Gasteiger partial charge in [0.15, 0.2) is 0 Å². The fourth-order valence-electron chi connectivity index (χ4n) is 2.58. The Morgan fingerprint density at radius 1 is 1.12 bits per heavy atom. The van der Waals surface area contributed by atoms with Crippen LogP contribution in [0.25, 0.3) is 0 Å². The van der Waals surface area contributed by atoms with Gasteiger partial charge in [-0.15, -0.1) is 0 Å². The van der Waals surface area contributed by atoms with Crippen LogP contribution in [0.1, 0.15) is 24.2 Å². The molecule has 0 heterocycles. The number of hydrogen-bond acceptors (Lipinski definition) is 5. The van der Waals surface area contributed by atoms with E-state index in [1.807, 2.05) is 24.3 Å². The Labute approximate surface area is 146 Å². The van der Waals surface area contributed by atoms with Gasteiger partial charge in [0.05, 0.1) is 4.92 Å². The smallest absolute Gasteiger partial charge is 0.293 e. The van der Waals surface area contributed by atoms with Crippen molar-refractivity contribution < 1.29 is 9.72 Å². The van der Waals surface area contributed by atoms with Crippen LogP contribution in [0.15, 0.2) is 42.5 Å². The molecule has 0 fully saturated rings. The van der Waals surface area contributed by atoms with Crippen molar-refractivity contribution in [1.29, 1.82) is 0 Å². The number of rotatable bonds is 7. The molecule has 0 aliphatic heterocycles. The minimum absolute atomic E-state index is 0.132. The maximum atomic E-state index is 12.4. The van der Waals surface area contributed by atoms with E-state index in [0.717, 1.165) is 18.8 Å². The highest BCUT2D eigenvalue weighted by atomic mass is 16.6. The number of amides is 1. The van der Waals surface area contributed by atoms with Crippen LogP contribution in [0.3, 0.4) is 0 Å². The van der Waals surface area contributed by atoms with Gasteiger partial charge in [-0.25, -0.2) is 0 Å². The maximum absolute atomic E-state index is 12.4. The number of carbonyl (C=O) groups is 1. The summed E-state index contributed by atoms with van der Waals surface area (Å²) in [6, 6.07) is 11.9. The lowest BCUT2D eigenvalue weighted by Crippen LogP contribution is -2.21. The van der Waals surface area contributed by atoms with Crippen molar-refractivity contribution in [3.8, 4) is 0 Å². The summed E-state index contributed by atoms with van der Waals surface area (Å²) in [6.45, 7) is 5.98. The Balaban J connectivity index is 2.17. The lowest BCUT2D eigenvalue weighted by Gasteiger charge is -2.21. The molecule has 132 valence electrons. The number of hydrogen-bond donors (Lipinski definition) is 2. The third-order valence-corrected chi connectivity index (χ3v) is 3.98. The molecule has 0 saturated heterocycles. The first kappa shape index (κ1) is 18.3. The second-order valence-electron chi connectivity index (χ2n) is 5.41. The number of nitrogens with zero attached hydrogens (tertiary/aromatic N) is 2. The molecule has 0 spiro atoms. The fraction of sp³-hybridized carbons (Fsp3) is 0.278. The first-order valence-corrected chi connectivity index (χ1v) is 8.12. The molecule has 0 aliphatic carbocycles. The molecule has 0 saturated carbocycles. The van der Waals surface area contributed by atoms with Gasteiger partial charge in [-0.05, 0) is 50.2 Å². The monoisotopic (exact) mass is 342 g/mol. The normalized spacial score (nSPS) is 10.2. The summed E-state index contributed by atoms with van der Waals surface area (Å²) in [5.41, 5.74) is 2.19. The highest BCUT2D eigenvalue weighted by Crippen LogP contribution is 2.25. The van der Waals surface area contributed by atoms with Gasteiger partial charge in [-0.2, -0.15) is 0 Å². The van der Waals surface area contributed by atoms with Crippen LogP contribution in [0.4, 0.5) is 22.7 Å². The van der Waals surface area contributed by atoms with Gasteiger partial charge >= 0.3 is 0 Å². The lowest BCUT2D eigenvalue weighted by molar-refractivity contribution is -0.384. The largest absolute Gasteiger partial charge is 0.383 e. The Hall–Kier alpha value is -3.09. The van der Waals surface area contributed by atoms with E-state index in [-0.39, 0.29) is 17.2 Å². The van der Waals surface area contributed by atoms with Crippen molar-refractivity contribution in [2.24, 2.45) is 0 Å². The first-order chi connectivity index (χ1) is 12.0. The minimum Gasteiger partial charge on any atom is -0.383 e. The van der Waals surface area contributed by atoms with Gasteiger partial charge in [-0.3, -0.25) is 14.9 Å². The zero-order valence-corrected chi connectivity index (χ0v) is 14.6. The van der Waals surface area contributed by atoms with E-state index in [1.54, 1.807) is 13.1 Å². The van der Waals surface area contributed by atoms with Crippen LogP contribution in [0.2, 0.25) is 0 Å². The molecule has 2 aromatic carbocycles. The third-order valence-electron chi connectivity index (χ3n) is 3.98. The van der Waals surface area contributed by atoms with Crippen LogP contribution in [-0.2, 0) is 0 Å². The molecule has 0 unspecified atom stereocenters. The van der Waals surface area contributed by atoms with Crippen LogP contribution >= 0.6 is 0 Å². The molecular formula is C18H22N4O3. The summed E-state index contributed by atoms with van der Waals surface area (Å²) in [7, 11) is 1.60. The van der Waals surface area contributed by atoms with Crippen molar-refractivity contribution in [2.45, 2.75) is 13.8 Å². The Morgan fingerprint density at radius 2 is 1.76 bits per heavy atom. The lowest BCUT2D eigenvalue weighted by atomic mass is 10.1. The molecule has 0 bridgehead atoms. The molecule has 0 atom stereocenters. The number of nitro groups is 1.